The molecule has 0 bridgehead atoms. The molecule has 0 radical (unpaired) electrons. The number of rotatable bonds is 9. The Hall–Kier alpha value is -3.22. The minimum atomic E-state index is -0.157. The molecule has 4 rings (SSSR count). The van der Waals surface area contributed by atoms with Gasteiger partial charge in [-0.3, -0.25) is 14.6 Å². The molecule has 2 unspecified atom stereocenters. The predicted octanol–water partition coefficient (Wildman–Crippen LogP) is 3.12. The van der Waals surface area contributed by atoms with E-state index in [0.717, 1.165) is 29.0 Å². The number of carbonyl (C=O) groups is 2. The van der Waals surface area contributed by atoms with Crippen molar-refractivity contribution in [1.29, 1.82) is 0 Å². The van der Waals surface area contributed by atoms with Gasteiger partial charge in [0.2, 0.25) is 5.91 Å². The Morgan fingerprint density at radius 1 is 1.20 bits per heavy atom. The molecule has 7 heteroatoms. The van der Waals surface area contributed by atoms with Gasteiger partial charge in [-0.25, -0.2) is 4.98 Å². The molecule has 1 N–H and O–H groups in total. The van der Waals surface area contributed by atoms with E-state index in [1.54, 1.807) is 6.20 Å². The molecule has 7 nitrogen and oxygen atoms in total. The largest absolute Gasteiger partial charge is 0.466 e. The molecule has 0 saturated heterocycles. The maximum absolute atomic E-state index is 13.0. The number of pyridine rings is 1. The van der Waals surface area contributed by atoms with E-state index in [0.29, 0.717) is 32.5 Å². The van der Waals surface area contributed by atoms with E-state index in [-0.39, 0.29) is 23.7 Å². The smallest absolute Gasteiger partial charge is 0.309 e. The van der Waals surface area contributed by atoms with Crippen LogP contribution in [0.1, 0.15) is 31.3 Å². The normalized spacial score (nSPS) is 17.6. The predicted molar refractivity (Wildman–Crippen MR) is 112 cm³/mol. The lowest BCUT2D eigenvalue weighted by molar-refractivity contribution is -0.145. The summed E-state index contributed by atoms with van der Waals surface area (Å²) in [5.74, 6) is 0.742. The first-order valence-corrected chi connectivity index (χ1v) is 10.4. The molecule has 2 aromatic heterocycles. The molecule has 0 aliphatic heterocycles. The van der Waals surface area contributed by atoms with E-state index in [2.05, 4.69) is 15.0 Å². The van der Waals surface area contributed by atoms with Crippen LogP contribution in [0.2, 0.25) is 0 Å². The highest BCUT2D eigenvalue weighted by molar-refractivity contribution is 5.78. The lowest BCUT2D eigenvalue weighted by Gasteiger charge is -2.22. The van der Waals surface area contributed by atoms with Gasteiger partial charge < -0.3 is 14.6 Å². The van der Waals surface area contributed by atoms with Gasteiger partial charge in [-0.2, -0.15) is 0 Å². The number of carbonyl (C=O) groups excluding carboxylic acids is 2. The van der Waals surface area contributed by atoms with Crippen molar-refractivity contribution >= 4 is 22.9 Å². The summed E-state index contributed by atoms with van der Waals surface area (Å²) in [5, 5.41) is 0. The number of hydrogen-bond acceptors (Lipinski definition) is 5. The molecule has 3 aromatic rings. The number of imidazole rings is 1. The fraction of sp³-hybridized carbons (Fsp3) is 0.391. The van der Waals surface area contributed by atoms with Gasteiger partial charge >= 0.3 is 5.97 Å². The first-order valence-electron chi connectivity index (χ1n) is 10.4. The van der Waals surface area contributed by atoms with Crippen LogP contribution in [-0.2, 0) is 27.3 Å². The van der Waals surface area contributed by atoms with Crippen LogP contribution in [0.25, 0.3) is 11.0 Å². The standard InChI is InChI=1S/C23H26N4O3/c1-2-30-23(29)18-13-16(18)14-27(15-17-7-5-6-12-24-17)22(28)11-10-21-25-19-8-3-4-9-20(19)26-21/h3-9,12,16,18H,2,10-11,13-15H2,1H3,(H,25,26). The van der Waals surface area contributed by atoms with Gasteiger partial charge in [0.25, 0.3) is 0 Å². The fourth-order valence-electron chi connectivity index (χ4n) is 3.72. The molecule has 1 saturated carbocycles. The summed E-state index contributed by atoms with van der Waals surface area (Å²) in [5.41, 5.74) is 2.71. The quantitative estimate of drug-likeness (QED) is 0.552. The number of H-pyrrole nitrogens is 1. The first kappa shape index (κ1) is 20.1. The number of benzene rings is 1. The maximum atomic E-state index is 13.0. The summed E-state index contributed by atoms with van der Waals surface area (Å²) < 4.78 is 5.12. The number of nitrogens with one attached hydrogen (secondary N) is 1. The Morgan fingerprint density at radius 2 is 2.03 bits per heavy atom. The SMILES string of the molecule is CCOC(=O)C1CC1CN(Cc1ccccn1)C(=O)CCc1nc2ccccc2[nH]1. The number of amides is 1. The zero-order valence-corrected chi connectivity index (χ0v) is 17.1. The van der Waals surface area contributed by atoms with Gasteiger partial charge in [0.05, 0.1) is 35.8 Å². The van der Waals surface area contributed by atoms with Crippen LogP contribution >= 0.6 is 0 Å². The lowest BCUT2D eigenvalue weighted by Crippen LogP contribution is -2.33. The Kier molecular flexibility index (Phi) is 6.07. The number of esters is 1. The van der Waals surface area contributed by atoms with Crippen LogP contribution in [0, 0.1) is 11.8 Å². The zero-order valence-electron chi connectivity index (χ0n) is 17.1. The van der Waals surface area contributed by atoms with E-state index in [9.17, 15) is 9.59 Å². The molecule has 1 aromatic carbocycles. The van der Waals surface area contributed by atoms with Crippen LogP contribution in [0.5, 0.6) is 0 Å². The molecule has 2 atom stereocenters. The van der Waals surface area contributed by atoms with Crippen LogP contribution in [0.15, 0.2) is 48.7 Å². The molecular weight excluding hydrogens is 380 g/mol. The number of hydrogen-bond donors (Lipinski definition) is 1. The highest BCUT2D eigenvalue weighted by Crippen LogP contribution is 2.40. The second kappa shape index (κ2) is 9.07. The monoisotopic (exact) mass is 406 g/mol. The molecular formula is C23H26N4O3. The van der Waals surface area contributed by atoms with Crippen molar-refractivity contribution in [3.63, 3.8) is 0 Å². The first-order chi connectivity index (χ1) is 14.6. The third kappa shape index (κ3) is 4.84. The highest BCUT2D eigenvalue weighted by atomic mass is 16.5. The molecule has 1 aliphatic carbocycles. The number of nitrogens with zero attached hydrogens (tertiary/aromatic N) is 3. The molecule has 0 spiro atoms. The Bertz CT molecular complexity index is 984. The van der Waals surface area contributed by atoms with Crippen molar-refractivity contribution in [2.24, 2.45) is 11.8 Å². The summed E-state index contributed by atoms with van der Waals surface area (Å²) in [6, 6.07) is 13.5. The summed E-state index contributed by atoms with van der Waals surface area (Å²) >= 11 is 0. The Morgan fingerprint density at radius 3 is 2.80 bits per heavy atom. The lowest BCUT2D eigenvalue weighted by atomic mass is 10.2. The molecule has 1 fully saturated rings. The van der Waals surface area contributed by atoms with Gasteiger partial charge in [0, 0.05) is 25.6 Å². The van der Waals surface area contributed by atoms with E-state index < -0.39 is 0 Å². The van der Waals surface area contributed by atoms with Gasteiger partial charge in [0.1, 0.15) is 5.82 Å². The average Bonchev–Trinajstić information content (AvgIpc) is 3.40. The molecule has 1 aliphatic rings. The Balaban J connectivity index is 1.40. The third-order valence-corrected chi connectivity index (χ3v) is 5.41. The summed E-state index contributed by atoms with van der Waals surface area (Å²) in [6.07, 6.45) is 3.39. The number of fused-ring (bicyclic) bond motifs is 1. The minimum Gasteiger partial charge on any atom is -0.466 e. The van der Waals surface area contributed by atoms with Crippen molar-refractivity contribution in [2.45, 2.75) is 32.7 Å². The van der Waals surface area contributed by atoms with Crippen LogP contribution < -0.4 is 0 Å². The van der Waals surface area contributed by atoms with Gasteiger partial charge in [0.15, 0.2) is 0 Å². The van der Waals surface area contributed by atoms with Crippen LogP contribution in [0.3, 0.4) is 0 Å². The van der Waals surface area contributed by atoms with Crippen LogP contribution in [0.4, 0.5) is 0 Å². The second-order valence-electron chi connectivity index (χ2n) is 7.65. The van der Waals surface area contributed by atoms with E-state index in [1.165, 1.54) is 0 Å². The van der Waals surface area contributed by atoms with Crippen LogP contribution in [-0.4, -0.2) is 44.9 Å². The van der Waals surface area contributed by atoms with Gasteiger partial charge in [-0.1, -0.05) is 18.2 Å². The van der Waals surface area contributed by atoms with Crippen molar-refractivity contribution in [1.82, 2.24) is 19.9 Å². The Labute approximate surface area is 175 Å². The zero-order chi connectivity index (χ0) is 20.9. The number of aromatic amines is 1. The molecule has 2 heterocycles. The maximum Gasteiger partial charge on any atom is 0.309 e. The van der Waals surface area contributed by atoms with E-state index >= 15 is 0 Å². The van der Waals surface area contributed by atoms with Gasteiger partial charge in [-0.15, -0.1) is 0 Å². The summed E-state index contributed by atoms with van der Waals surface area (Å²) in [6.45, 7) is 3.17. The van der Waals surface area contributed by atoms with E-state index in [4.69, 9.17) is 4.74 Å². The number of aryl methyl sites for hydroxylation is 1. The highest BCUT2D eigenvalue weighted by Gasteiger charge is 2.45. The second-order valence-corrected chi connectivity index (χ2v) is 7.65. The van der Waals surface area contributed by atoms with Crippen molar-refractivity contribution < 1.29 is 14.3 Å². The fourth-order valence-corrected chi connectivity index (χ4v) is 3.72. The average molecular weight is 406 g/mol. The minimum absolute atomic E-state index is 0.0376. The molecule has 156 valence electrons. The topological polar surface area (TPSA) is 88.2 Å². The third-order valence-electron chi connectivity index (χ3n) is 5.41. The number of aromatic nitrogens is 3. The molecule has 1 amide bonds. The summed E-state index contributed by atoms with van der Waals surface area (Å²) in [7, 11) is 0. The summed E-state index contributed by atoms with van der Waals surface area (Å²) in [4.78, 5) is 39.0. The number of ether oxygens (including phenoxy) is 1. The van der Waals surface area contributed by atoms with Crippen molar-refractivity contribution in [2.75, 3.05) is 13.2 Å². The van der Waals surface area contributed by atoms with E-state index in [1.807, 2.05) is 54.3 Å². The molecule has 30 heavy (non-hydrogen) atoms. The van der Waals surface area contributed by atoms with Crippen molar-refractivity contribution in [3.8, 4) is 0 Å². The van der Waals surface area contributed by atoms with Crippen molar-refractivity contribution in [3.05, 3.63) is 60.2 Å². The van der Waals surface area contributed by atoms with Gasteiger partial charge in [-0.05, 0) is 43.5 Å². The number of para-hydroxylation sites is 2.